The molecule has 228 valence electrons. The summed E-state index contributed by atoms with van der Waals surface area (Å²) in [6.45, 7) is 0.595. The lowest BCUT2D eigenvalue weighted by Crippen LogP contribution is -2.52. The summed E-state index contributed by atoms with van der Waals surface area (Å²) in [7, 11) is -2.77. The van der Waals surface area contributed by atoms with E-state index in [2.05, 4.69) is 4.98 Å². The molecule has 2 aromatic carbocycles. The van der Waals surface area contributed by atoms with E-state index in [9.17, 15) is 23.1 Å². The molecule has 1 fully saturated rings. The number of carboxylic acids is 1. The predicted octanol–water partition coefficient (Wildman–Crippen LogP) is 3.55. The highest BCUT2D eigenvalue weighted by atomic mass is 32.2. The molecule has 1 amide bonds. The van der Waals surface area contributed by atoms with E-state index < -0.39 is 34.0 Å². The molecule has 0 saturated carbocycles. The summed E-state index contributed by atoms with van der Waals surface area (Å²) in [5, 5.41) is 10.4. The van der Waals surface area contributed by atoms with Crippen LogP contribution in [0.1, 0.15) is 24.0 Å². The van der Waals surface area contributed by atoms with Crippen LogP contribution in [-0.2, 0) is 32.5 Å². The first-order chi connectivity index (χ1) is 20.8. The second-order valence-electron chi connectivity index (χ2n) is 10.2. The summed E-state index contributed by atoms with van der Waals surface area (Å²) in [5.74, 6) is -0.0104. The molecule has 43 heavy (non-hydrogen) atoms. The number of methoxy groups -OCH3 is 1. The van der Waals surface area contributed by atoms with Gasteiger partial charge in [0.15, 0.2) is 11.5 Å². The first-order valence-corrected chi connectivity index (χ1v) is 15.3. The molecule has 12 nitrogen and oxygen atoms in total. The van der Waals surface area contributed by atoms with Crippen LogP contribution in [0.2, 0.25) is 0 Å². The minimum absolute atomic E-state index is 0.0457. The van der Waals surface area contributed by atoms with Crippen LogP contribution < -0.4 is 14.2 Å². The van der Waals surface area contributed by atoms with Crippen LogP contribution in [0, 0.1) is 5.92 Å². The van der Waals surface area contributed by atoms with E-state index in [4.69, 9.17) is 18.9 Å². The Morgan fingerprint density at radius 3 is 2.47 bits per heavy atom. The average molecular weight is 612 g/mol. The van der Waals surface area contributed by atoms with Crippen LogP contribution in [0.25, 0.3) is 0 Å². The summed E-state index contributed by atoms with van der Waals surface area (Å²) in [6.07, 6.45) is 3.57. The topological polar surface area (TPSA) is 145 Å². The summed E-state index contributed by atoms with van der Waals surface area (Å²) in [6, 6.07) is 13.3. The van der Waals surface area contributed by atoms with Gasteiger partial charge in [0.1, 0.15) is 11.8 Å². The van der Waals surface area contributed by atoms with Crippen molar-refractivity contribution in [1.29, 1.82) is 0 Å². The van der Waals surface area contributed by atoms with Gasteiger partial charge in [0, 0.05) is 44.0 Å². The first-order valence-electron chi connectivity index (χ1n) is 13.8. The molecule has 1 saturated heterocycles. The monoisotopic (exact) mass is 611 g/mol. The number of aliphatic carboxylic acids is 1. The Bertz CT molecular complexity index is 1530. The smallest absolute Gasteiger partial charge is 0.409 e. The van der Waals surface area contributed by atoms with Crippen LogP contribution in [0.5, 0.6) is 17.2 Å². The van der Waals surface area contributed by atoms with Gasteiger partial charge in [0.2, 0.25) is 16.8 Å². The quantitative estimate of drug-likeness (QED) is 0.342. The molecular weight excluding hydrogens is 578 g/mol. The van der Waals surface area contributed by atoms with Crippen molar-refractivity contribution < 1.29 is 42.1 Å². The first kappa shape index (κ1) is 30.1. The van der Waals surface area contributed by atoms with E-state index in [0.29, 0.717) is 29.2 Å². The van der Waals surface area contributed by atoms with Gasteiger partial charge in [-0.05, 0) is 66.8 Å². The van der Waals surface area contributed by atoms with Crippen molar-refractivity contribution in [2.75, 3.05) is 33.6 Å². The lowest BCUT2D eigenvalue weighted by atomic mass is 9.89. The maximum Gasteiger partial charge on any atom is 0.409 e. The van der Waals surface area contributed by atoms with Crippen molar-refractivity contribution in [3.05, 3.63) is 78.1 Å². The molecule has 13 heteroatoms. The Hall–Kier alpha value is -4.36. The van der Waals surface area contributed by atoms with Crippen molar-refractivity contribution in [3.8, 4) is 17.2 Å². The van der Waals surface area contributed by atoms with Crippen molar-refractivity contribution >= 4 is 22.1 Å². The van der Waals surface area contributed by atoms with Gasteiger partial charge < -0.3 is 29.0 Å². The average Bonchev–Trinajstić information content (AvgIpc) is 3.51. The number of benzene rings is 2. The van der Waals surface area contributed by atoms with Crippen molar-refractivity contribution in [2.24, 2.45) is 5.92 Å². The number of likely N-dealkylation sites (tertiary alicyclic amines) is 1. The molecule has 0 unspecified atom stereocenters. The lowest BCUT2D eigenvalue weighted by Gasteiger charge is -2.38. The van der Waals surface area contributed by atoms with Crippen LogP contribution in [0.3, 0.4) is 0 Å². The molecule has 2 aliphatic heterocycles. The maximum absolute atomic E-state index is 13.9. The van der Waals surface area contributed by atoms with Crippen LogP contribution in [0.15, 0.2) is 71.9 Å². The van der Waals surface area contributed by atoms with Crippen LogP contribution >= 0.6 is 0 Å². The second-order valence-corrected chi connectivity index (χ2v) is 12.1. The number of hydrogen-bond acceptors (Lipinski definition) is 9. The van der Waals surface area contributed by atoms with Crippen molar-refractivity contribution in [3.63, 3.8) is 0 Å². The number of pyridine rings is 1. The fraction of sp³-hybridized carbons (Fsp3) is 0.367. The van der Waals surface area contributed by atoms with Gasteiger partial charge in [0.25, 0.3) is 0 Å². The Kier molecular flexibility index (Phi) is 9.31. The van der Waals surface area contributed by atoms with Crippen LogP contribution in [-0.4, -0.2) is 79.4 Å². The number of carboxylic acid groups (broad SMARTS) is 1. The zero-order valence-electron chi connectivity index (χ0n) is 23.6. The standard InChI is InChI=1S/C30H33N3O9S/c1-39-24-5-7-25(8-6-24)43(37,38)33(19-21-9-14-31-15-10-21)27(29(34)35)22-11-16-32(17-12-22)30(36)40-18-13-23-3-2-4-26-28(23)42-20-41-26/h2-10,14-15,22,27H,11-13,16-20H2,1H3,(H,34,35)/t27-/m1/s1. The molecule has 1 N–H and O–H groups in total. The number of piperidine rings is 1. The fourth-order valence-corrected chi connectivity index (χ4v) is 7.00. The number of rotatable bonds is 11. The van der Waals surface area contributed by atoms with Gasteiger partial charge in [-0.2, -0.15) is 4.31 Å². The molecule has 1 aromatic heterocycles. The van der Waals surface area contributed by atoms with Crippen molar-refractivity contribution in [2.45, 2.75) is 36.7 Å². The third-order valence-electron chi connectivity index (χ3n) is 7.64. The highest BCUT2D eigenvalue weighted by Gasteiger charge is 2.42. The zero-order chi connectivity index (χ0) is 30.4. The molecule has 0 spiro atoms. The molecule has 3 aromatic rings. The molecule has 3 heterocycles. The number of sulfonamides is 1. The minimum atomic E-state index is -4.24. The Labute approximate surface area is 249 Å². The van der Waals surface area contributed by atoms with Gasteiger partial charge in [-0.25, -0.2) is 13.2 Å². The summed E-state index contributed by atoms with van der Waals surface area (Å²) >= 11 is 0. The number of hydrogen-bond donors (Lipinski definition) is 1. The number of para-hydroxylation sites is 1. The Morgan fingerprint density at radius 2 is 1.79 bits per heavy atom. The molecule has 0 bridgehead atoms. The number of amides is 1. The summed E-state index contributed by atoms with van der Waals surface area (Å²) < 4.78 is 50.4. The van der Waals surface area contributed by atoms with E-state index >= 15 is 0 Å². The van der Waals surface area contributed by atoms with E-state index in [1.165, 1.54) is 48.7 Å². The molecule has 0 aliphatic carbocycles. The third kappa shape index (κ3) is 6.83. The number of aromatic nitrogens is 1. The Morgan fingerprint density at radius 1 is 1.07 bits per heavy atom. The van der Waals surface area contributed by atoms with E-state index in [-0.39, 0.29) is 50.8 Å². The van der Waals surface area contributed by atoms with E-state index in [1.807, 2.05) is 18.2 Å². The molecule has 0 radical (unpaired) electrons. The lowest BCUT2D eigenvalue weighted by molar-refractivity contribution is -0.144. The fourth-order valence-electron chi connectivity index (χ4n) is 5.37. The number of carbonyl (C=O) groups is 2. The van der Waals surface area contributed by atoms with Crippen molar-refractivity contribution in [1.82, 2.24) is 14.2 Å². The SMILES string of the molecule is COc1ccc(S(=O)(=O)N(Cc2ccncc2)[C@@H](C(=O)O)C2CCN(C(=O)OCCc3cccc4c3OCO4)CC2)cc1. The Balaban J connectivity index is 1.27. The van der Waals surface area contributed by atoms with Gasteiger partial charge in [-0.3, -0.25) is 9.78 Å². The normalized spacial score (nSPS) is 15.7. The highest BCUT2D eigenvalue weighted by Crippen LogP contribution is 2.36. The summed E-state index contributed by atoms with van der Waals surface area (Å²) in [4.78, 5) is 31.0. The highest BCUT2D eigenvalue weighted by molar-refractivity contribution is 7.89. The number of fused-ring (bicyclic) bond motifs is 1. The van der Waals surface area contributed by atoms with Gasteiger partial charge in [-0.15, -0.1) is 0 Å². The largest absolute Gasteiger partial charge is 0.497 e. The van der Waals surface area contributed by atoms with E-state index in [1.54, 1.807) is 12.1 Å². The van der Waals surface area contributed by atoms with Gasteiger partial charge >= 0.3 is 12.1 Å². The number of ether oxygens (including phenoxy) is 4. The maximum atomic E-state index is 13.9. The number of carbonyl (C=O) groups excluding carboxylic acids is 1. The molecular formula is C30H33N3O9S. The summed E-state index contributed by atoms with van der Waals surface area (Å²) in [5.41, 5.74) is 1.47. The zero-order valence-corrected chi connectivity index (χ0v) is 24.4. The van der Waals surface area contributed by atoms with Crippen LogP contribution in [0.4, 0.5) is 4.79 Å². The molecule has 2 aliphatic rings. The van der Waals surface area contributed by atoms with E-state index in [0.717, 1.165) is 9.87 Å². The molecule has 1 atom stereocenters. The molecule has 5 rings (SSSR count). The van der Waals surface area contributed by atoms with Gasteiger partial charge in [0.05, 0.1) is 18.6 Å². The minimum Gasteiger partial charge on any atom is -0.497 e. The second kappa shape index (κ2) is 13.3. The third-order valence-corrected chi connectivity index (χ3v) is 9.48. The predicted molar refractivity (Wildman–Crippen MR) is 153 cm³/mol. The van der Waals surface area contributed by atoms with Gasteiger partial charge in [-0.1, -0.05) is 12.1 Å². The number of nitrogens with zero attached hydrogens (tertiary/aromatic N) is 3.